The molecule has 0 fully saturated rings. The maximum Gasteiger partial charge on any atom is 0.294 e. The van der Waals surface area contributed by atoms with Gasteiger partial charge in [-0.3, -0.25) is 14.4 Å². The van der Waals surface area contributed by atoms with E-state index >= 15 is 0 Å². The van der Waals surface area contributed by atoms with Gasteiger partial charge < -0.3 is 5.10 Å². The molecule has 0 saturated carbocycles. The van der Waals surface area contributed by atoms with Crippen molar-refractivity contribution in [3.63, 3.8) is 0 Å². The summed E-state index contributed by atoms with van der Waals surface area (Å²) in [5, 5.41) is 12.4. The molecule has 0 saturated heterocycles. The van der Waals surface area contributed by atoms with E-state index in [2.05, 4.69) is 20.4 Å². The number of nitrogens with zero attached hydrogens (tertiary/aromatic N) is 2. The third kappa shape index (κ3) is 2.95. The van der Waals surface area contributed by atoms with Gasteiger partial charge in [-0.2, -0.15) is 8.42 Å². The van der Waals surface area contributed by atoms with Gasteiger partial charge in [0.2, 0.25) is 0 Å². The summed E-state index contributed by atoms with van der Waals surface area (Å²) >= 11 is 5.84. The summed E-state index contributed by atoms with van der Waals surface area (Å²) in [4.78, 5) is 11.0. The first-order valence-electron chi connectivity index (χ1n) is 5.25. The Morgan fingerprint density at radius 2 is 1.95 bits per heavy atom. The van der Waals surface area contributed by atoms with E-state index in [1.165, 1.54) is 6.07 Å². The first kappa shape index (κ1) is 14.4. The van der Waals surface area contributed by atoms with Crippen LogP contribution in [0.5, 0.6) is 0 Å². The summed E-state index contributed by atoms with van der Waals surface area (Å²) in [5.74, 6) is 0. The molecule has 20 heavy (non-hydrogen) atoms. The Morgan fingerprint density at radius 3 is 2.50 bits per heavy atom. The lowest BCUT2D eigenvalue weighted by molar-refractivity contribution is 0.483. The molecule has 0 amide bonds. The molecule has 1 aromatic carbocycles. The highest BCUT2D eigenvalue weighted by Crippen LogP contribution is 2.29. The van der Waals surface area contributed by atoms with Gasteiger partial charge in [0.05, 0.1) is 15.6 Å². The van der Waals surface area contributed by atoms with Gasteiger partial charge in [0.15, 0.2) is 5.69 Å². The van der Waals surface area contributed by atoms with Gasteiger partial charge >= 0.3 is 0 Å². The van der Waals surface area contributed by atoms with Crippen LogP contribution in [-0.2, 0) is 10.1 Å². The molecule has 8 nitrogen and oxygen atoms in total. The van der Waals surface area contributed by atoms with Crippen LogP contribution in [0.15, 0.2) is 38.1 Å². The van der Waals surface area contributed by atoms with Gasteiger partial charge in [0.1, 0.15) is 5.69 Å². The minimum Gasteiger partial charge on any atom is -0.300 e. The van der Waals surface area contributed by atoms with Crippen molar-refractivity contribution in [2.75, 3.05) is 0 Å². The number of nitrogens with one attached hydrogen (secondary N) is 2. The number of aromatic nitrogens is 2. The van der Waals surface area contributed by atoms with E-state index in [0.29, 0.717) is 5.69 Å². The van der Waals surface area contributed by atoms with Crippen molar-refractivity contribution in [1.82, 2.24) is 10.2 Å². The summed E-state index contributed by atoms with van der Waals surface area (Å²) in [6.45, 7) is 1.61. The summed E-state index contributed by atoms with van der Waals surface area (Å²) in [6.07, 6.45) is 0. The van der Waals surface area contributed by atoms with E-state index in [1.807, 2.05) is 0 Å². The summed E-state index contributed by atoms with van der Waals surface area (Å²) in [7, 11) is -4.36. The molecule has 0 atom stereocenters. The molecule has 2 aromatic rings. The SMILES string of the molecule is Cc1[nH][nH]c(=O)c1N=Nc1cc(S(=O)(=O)O)ccc1Cl. The molecular formula is C10H9ClN4O4S. The van der Waals surface area contributed by atoms with Crippen LogP contribution in [0.3, 0.4) is 0 Å². The van der Waals surface area contributed by atoms with Gasteiger partial charge in [0, 0.05) is 0 Å². The predicted molar refractivity (Wildman–Crippen MR) is 71.6 cm³/mol. The minimum atomic E-state index is -4.36. The molecule has 0 aliphatic carbocycles. The molecule has 1 aromatic heterocycles. The van der Waals surface area contributed by atoms with Gasteiger partial charge in [-0.15, -0.1) is 10.2 Å². The van der Waals surface area contributed by atoms with Gasteiger partial charge in [-0.05, 0) is 25.1 Å². The number of halogens is 1. The second-order valence-corrected chi connectivity index (χ2v) is 5.67. The van der Waals surface area contributed by atoms with Crippen molar-refractivity contribution < 1.29 is 13.0 Å². The number of aromatic amines is 2. The van der Waals surface area contributed by atoms with Crippen LogP contribution in [0, 0.1) is 6.92 Å². The number of hydrogen-bond acceptors (Lipinski definition) is 5. The van der Waals surface area contributed by atoms with Gasteiger partial charge in [-0.1, -0.05) is 11.6 Å². The van der Waals surface area contributed by atoms with E-state index in [1.54, 1.807) is 6.92 Å². The fourth-order valence-corrected chi connectivity index (χ4v) is 2.05. The Morgan fingerprint density at radius 1 is 1.25 bits per heavy atom. The van der Waals surface area contributed by atoms with Crippen LogP contribution in [0.25, 0.3) is 0 Å². The van der Waals surface area contributed by atoms with Crippen LogP contribution >= 0.6 is 11.6 Å². The lowest BCUT2D eigenvalue weighted by Gasteiger charge is -2.00. The third-order valence-electron chi connectivity index (χ3n) is 2.41. The molecule has 0 spiro atoms. The maximum atomic E-state index is 11.4. The molecule has 106 valence electrons. The maximum absolute atomic E-state index is 11.4. The van der Waals surface area contributed by atoms with Crippen LogP contribution in [0.4, 0.5) is 11.4 Å². The number of rotatable bonds is 3. The van der Waals surface area contributed by atoms with Crippen molar-refractivity contribution in [1.29, 1.82) is 0 Å². The smallest absolute Gasteiger partial charge is 0.294 e. The summed E-state index contributed by atoms with van der Waals surface area (Å²) < 4.78 is 31.0. The second-order valence-electron chi connectivity index (χ2n) is 3.84. The third-order valence-corrected chi connectivity index (χ3v) is 3.58. The van der Waals surface area contributed by atoms with Crippen molar-refractivity contribution in [3.05, 3.63) is 39.3 Å². The first-order valence-corrected chi connectivity index (χ1v) is 7.07. The van der Waals surface area contributed by atoms with Crippen molar-refractivity contribution in [2.24, 2.45) is 10.2 Å². The molecule has 0 unspecified atom stereocenters. The Labute approximate surface area is 118 Å². The average molecular weight is 317 g/mol. The topological polar surface area (TPSA) is 128 Å². The highest BCUT2D eigenvalue weighted by molar-refractivity contribution is 7.85. The van der Waals surface area contributed by atoms with E-state index in [0.717, 1.165) is 12.1 Å². The Bertz CT molecular complexity index is 837. The number of hydrogen-bond donors (Lipinski definition) is 3. The second kappa shape index (κ2) is 5.19. The average Bonchev–Trinajstić information content (AvgIpc) is 2.67. The molecular weight excluding hydrogens is 308 g/mol. The zero-order chi connectivity index (χ0) is 14.9. The largest absolute Gasteiger partial charge is 0.300 e. The van der Waals surface area contributed by atoms with Crippen molar-refractivity contribution in [2.45, 2.75) is 11.8 Å². The van der Waals surface area contributed by atoms with E-state index < -0.39 is 15.7 Å². The number of benzene rings is 1. The van der Waals surface area contributed by atoms with Crippen LogP contribution in [-0.4, -0.2) is 23.2 Å². The molecule has 0 aliphatic rings. The first-order chi connectivity index (χ1) is 9.29. The molecule has 0 aliphatic heterocycles. The van der Waals surface area contributed by atoms with Crippen LogP contribution in [0.2, 0.25) is 5.02 Å². The minimum absolute atomic E-state index is 0.0155. The van der Waals surface area contributed by atoms with E-state index in [9.17, 15) is 13.2 Å². The fraction of sp³-hybridized carbons (Fsp3) is 0.100. The monoisotopic (exact) mass is 316 g/mol. The van der Waals surface area contributed by atoms with Crippen molar-refractivity contribution in [3.8, 4) is 0 Å². The molecule has 0 radical (unpaired) electrons. The molecule has 1 heterocycles. The zero-order valence-electron chi connectivity index (χ0n) is 10.1. The van der Waals surface area contributed by atoms with Gasteiger partial charge in [0.25, 0.3) is 15.7 Å². The highest BCUT2D eigenvalue weighted by Gasteiger charge is 2.12. The lowest BCUT2D eigenvalue weighted by atomic mass is 10.3. The van der Waals surface area contributed by atoms with Crippen LogP contribution in [0.1, 0.15) is 5.69 Å². The lowest BCUT2D eigenvalue weighted by Crippen LogP contribution is -1.97. The Hall–Kier alpha value is -1.97. The van der Waals surface area contributed by atoms with Gasteiger partial charge in [-0.25, -0.2) is 0 Å². The van der Waals surface area contributed by atoms with E-state index in [-0.39, 0.29) is 21.3 Å². The zero-order valence-corrected chi connectivity index (χ0v) is 11.7. The Balaban J connectivity index is 2.46. The van der Waals surface area contributed by atoms with E-state index in [4.69, 9.17) is 16.2 Å². The molecule has 3 N–H and O–H groups in total. The predicted octanol–water partition coefficient (Wildman–Crippen LogP) is 2.33. The van der Waals surface area contributed by atoms with Crippen LogP contribution < -0.4 is 5.56 Å². The van der Waals surface area contributed by atoms with Crippen molar-refractivity contribution >= 4 is 33.1 Å². The number of H-pyrrole nitrogens is 2. The summed E-state index contributed by atoms with van der Waals surface area (Å²) in [5.41, 5.74) is 0.0780. The summed E-state index contributed by atoms with van der Waals surface area (Å²) in [6, 6.07) is 3.44. The number of azo groups is 1. The Kier molecular flexibility index (Phi) is 3.75. The number of aryl methyl sites for hydroxylation is 1. The molecule has 10 heteroatoms. The highest BCUT2D eigenvalue weighted by atomic mass is 35.5. The fourth-order valence-electron chi connectivity index (χ4n) is 1.39. The standard InChI is InChI=1S/C10H9ClN4O4S/c1-5-9(10(16)15-12-5)14-13-8-4-6(20(17,18)19)2-3-7(8)11/h2-4H,1H3,(H2,12,15,16)(H,17,18,19). The molecule has 0 bridgehead atoms. The quantitative estimate of drug-likeness (QED) is 0.593. The normalized spacial score (nSPS) is 12.2. The molecule has 2 rings (SSSR count).